The molecule has 0 nitrogen and oxygen atoms in total. The molecule has 0 saturated heterocycles. The average Bonchev–Trinajstić information content (AvgIpc) is 2.80. The molecule has 1 aromatic rings. The summed E-state index contributed by atoms with van der Waals surface area (Å²) in [5, 5.41) is 1.25. The van der Waals surface area contributed by atoms with Gasteiger partial charge in [-0.05, 0) is 36.8 Å². The molecule has 0 atom stereocenters. The number of rotatable bonds is 3. The fraction of sp³-hybridized carbons (Fsp3) is 0.333. The third-order valence-electron chi connectivity index (χ3n) is 2.12. The van der Waals surface area contributed by atoms with Crippen molar-refractivity contribution in [1.29, 1.82) is 0 Å². The zero-order valence-electron chi connectivity index (χ0n) is 13.3. The van der Waals surface area contributed by atoms with Gasteiger partial charge in [-0.1, -0.05) is 65.2 Å². The van der Waals surface area contributed by atoms with Gasteiger partial charge in [-0.2, -0.15) is 0 Å². The molecule has 1 aromatic heterocycles. The molecule has 106 valence electrons. The smallest absolute Gasteiger partial charge is 0.0351 e. The summed E-state index contributed by atoms with van der Waals surface area (Å²) in [6.07, 6.45) is 12.1. The molecule has 1 rings (SSSR count). The van der Waals surface area contributed by atoms with Crippen molar-refractivity contribution in [3.63, 3.8) is 0 Å². The molecule has 0 aliphatic carbocycles. The number of allylic oxidation sites excluding steroid dienone is 2. The maximum Gasteiger partial charge on any atom is 0.0351 e. The van der Waals surface area contributed by atoms with Crippen LogP contribution in [-0.2, 0) is 0 Å². The minimum atomic E-state index is 1.22. The highest BCUT2D eigenvalue weighted by atomic mass is 32.1. The Morgan fingerprint density at radius 3 is 1.95 bits per heavy atom. The lowest BCUT2D eigenvalue weighted by atomic mass is 10.2. The highest BCUT2D eigenvalue weighted by molar-refractivity contribution is 7.11. The molecule has 0 saturated carbocycles. The molecule has 0 radical (unpaired) electrons. The Bertz CT molecular complexity index is 499. The third kappa shape index (κ3) is 5.89. The molecule has 1 heterocycles. The summed E-state index contributed by atoms with van der Waals surface area (Å²) in [6.45, 7) is 19.7. The molecular formula is C18H28S. The highest BCUT2D eigenvalue weighted by Gasteiger charge is 2.02. The van der Waals surface area contributed by atoms with Crippen molar-refractivity contribution in [3.8, 4) is 0 Å². The Balaban J connectivity index is 0. The van der Waals surface area contributed by atoms with Crippen LogP contribution >= 0.6 is 11.3 Å². The van der Waals surface area contributed by atoms with Gasteiger partial charge in [-0.3, -0.25) is 0 Å². The first-order chi connectivity index (χ1) is 9.28. The number of hydrogen-bond acceptors (Lipinski definition) is 1. The first-order valence-corrected chi connectivity index (χ1v) is 7.77. The lowest BCUT2D eigenvalue weighted by Gasteiger charge is -1.89. The third-order valence-corrected chi connectivity index (χ3v) is 3.27. The van der Waals surface area contributed by atoms with E-state index in [9.17, 15) is 0 Å². The summed E-state index contributed by atoms with van der Waals surface area (Å²) >= 11 is 1.77. The summed E-state index contributed by atoms with van der Waals surface area (Å²) in [5.74, 6) is 0. The quantitative estimate of drug-likeness (QED) is 0.708. The van der Waals surface area contributed by atoms with E-state index in [1.165, 1.54) is 20.2 Å². The van der Waals surface area contributed by atoms with Crippen molar-refractivity contribution in [1.82, 2.24) is 0 Å². The van der Waals surface area contributed by atoms with Gasteiger partial charge in [-0.25, -0.2) is 0 Å². The van der Waals surface area contributed by atoms with Gasteiger partial charge in [-0.15, -0.1) is 11.3 Å². The van der Waals surface area contributed by atoms with E-state index in [0.29, 0.717) is 0 Å². The molecule has 0 amide bonds. The van der Waals surface area contributed by atoms with Crippen LogP contribution in [0.1, 0.15) is 52.0 Å². The fourth-order valence-corrected chi connectivity index (χ4v) is 2.75. The van der Waals surface area contributed by atoms with E-state index in [0.717, 1.165) is 0 Å². The Morgan fingerprint density at radius 1 is 1.00 bits per heavy atom. The van der Waals surface area contributed by atoms with Gasteiger partial charge >= 0.3 is 0 Å². The molecule has 1 heteroatoms. The summed E-state index contributed by atoms with van der Waals surface area (Å²) in [6, 6.07) is 0. The summed E-state index contributed by atoms with van der Waals surface area (Å²) in [4.78, 5) is 1.26. The van der Waals surface area contributed by atoms with Gasteiger partial charge < -0.3 is 0 Å². The van der Waals surface area contributed by atoms with Crippen molar-refractivity contribution in [2.24, 2.45) is 0 Å². The Kier molecular flexibility index (Phi) is 13.8. The Labute approximate surface area is 123 Å². The van der Waals surface area contributed by atoms with E-state index in [1.807, 2.05) is 52.8 Å². The maximum absolute atomic E-state index is 3.87. The predicted octanol–water partition coefficient (Wildman–Crippen LogP) is 5.24. The monoisotopic (exact) mass is 276 g/mol. The summed E-state index contributed by atoms with van der Waals surface area (Å²) in [7, 11) is 0. The molecule has 0 aliphatic rings. The van der Waals surface area contributed by atoms with E-state index in [4.69, 9.17) is 0 Å². The molecule has 0 aliphatic heterocycles. The van der Waals surface area contributed by atoms with Crippen molar-refractivity contribution in [2.75, 3.05) is 0 Å². The van der Waals surface area contributed by atoms with Crippen LogP contribution in [0.2, 0.25) is 0 Å². The second-order valence-electron chi connectivity index (χ2n) is 3.05. The van der Waals surface area contributed by atoms with Crippen LogP contribution < -0.4 is 9.75 Å². The van der Waals surface area contributed by atoms with Crippen LogP contribution in [-0.4, -0.2) is 0 Å². The average molecular weight is 276 g/mol. The van der Waals surface area contributed by atoms with Gasteiger partial charge in [0.25, 0.3) is 0 Å². The molecule has 0 bridgehead atoms. The largest absolute Gasteiger partial charge is 0.135 e. The molecule has 0 spiro atoms. The van der Waals surface area contributed by atoms with Gasteiger partial charge in [0.2, 0.25) is 0 Å². The van der Waals surface area contributed by atoms with Crippen LogP contribution in [0.4, 0.5) is 0 Å². The zero-order valence-corrected chi connectivity index (χ0v) is 14.1. The molecular weight excluding hydrogens is 248 g/mol. The topological polar surface area (TPSA) is 0 Å². The molecule has 0 fully saturated rings. The van der Waals surface area contributed by atoms with Gasteiger partial charge in [0.1, 0.15) is 0 Å². The maximum atomic E-state index is 3.87. The molecule has 0 aromatic carbocycles. The van der Waals surface area contributed by atoms with Crippen molar-refractivity contribution in [3.05, 3.63) is 45.5 Å². The van der Waals surface area contributed by atoms with Crippen LogP contribution in [0, 0.1) is 0 Å². The zero-order chi connectivity index (χ0) is 15.3. The first-order valence-electron chi connectivity index (χ1n) is 6.95. The minimum Gasteiger partial charge on any atom is -0.135 e. The number of thiophene rings is 1. The fourth-order valence-electron chi connectivity index (χ4n) is 1.51. The highest BCUT2D eigenvalue weighted by Crippen LogP contribution is 2.11. The van der Waals surface area contributed by atoms with E-state index < -0.39 is 0 Å². The van der Waals surface area contributed by atoms with Crippen LogP contribution in [0.5, 0.6) is 0 Å². The molecule has 19 heavy (non-hydrogen) atoms. The predicted molar refractivity (Wildman–Crippen MR) is 95.9 cm³/mol. The second-order valence-corrected chi connectivity index (χ2v) is 4.14. The van der Waals surface area contributed by atoms with E-state index in [2.05, 4.69) is 38.3 Å². The molecule has 0 N–H and O–H groups in total. The lowest BCUT2D eigenvalue weighted by Crippen LogP contribution is -2.19. The number of hydrogen-bond donors (Lipinski definition) is 0. The van der Waals surface area contributed by atoms with Crippen LogP contribution in [0.3, 0.4) is 0 Å². The van der Waals surface area contributed by atoms with E-state index in [-0.39, 0.29) is 0 Å². The SMILES string of the molecule is C=C/C=c1/sc(/C=C\C)c(C=C)/c1=C/C.CC.CC. The van der Waals surface area contributed by atoms with Crippen molar-refractivity contribution >= 4 is 35.6 Å². The summed E-state index contributed by atoms with van der Waals surface area (Å²) < 4.78 is 1.25. The normalized spacial score (nSPS) is 11.5. The summed E-state index contributed by atoms with van der Waals surface area (Å²) in [5.41, 5.74) is 1.22. The van der Waals surface area contributed by atoms with Gasteiger partial charge in [0.05, 0.1) is 0 Å². The van der Waals surface area contributed by atoms with Gasteiger partial charge in [0, 0.05) is 9.41 Å². The Hall–Kier alpha value is -1.34. The first kappa shape index (κ1) is 20.0. The van der Waals surface area contributed by atoms with Crippen LogP contribution in [0.15, 0.2) is 25.3 Å². The lowest BCUT2D eigenvalue weighted by molar-refractivity contribution is 1.50. The Morgan fingerprint density at radius 2 is 1.58 bits per heavy atom. The molecule has 0 unspecified atom stereocenters. The van der Waals surface area contributed by atoms with Crippen LogP contribution in [0.25, 0.3) is 24.3 Å². The van der Waals surface area contributed by atoms with E-state index >= 15 is 0 Å². The van der Waals surface area contributed by atoms with Crippen molar-refractivity contribution < 1.29 is 0 Å². The standard InChI is InChI=1S/C14H16S.2C2H6/c1-5-9-13-11(7-3)12(8-4)14(15-13)10-6-2;2*1-2/h5-10H,1,4H2,2-3H3;2*1-2H3/b10-6-,11-7-,13-9+;;. The minimum absolute atomic E-state index is 1.22. The van der Waals surface area contributed by atoms with Gasteiger partial charge in [0.15, 0.2) is 0 Å². The second kappa shape index (κ2) is 13.1. The van der Waals surface area contributed by atoms with Crippen molar-refractivity contribution in [2.45, 2.75) is 41.5 Å². The van der Waals surface area contributed by atoms with E-state index in [1.54, 1.807) is 11.3 Å².